The van der Waals surface area contributed by atoms with E-state index in [4.69, 9.17) is 4.12 Å². The van der Waals surface area contributed by atoms with Crippen LogP contribution in [0.15, 0.2) is 0 Å². The van der Waals surface area contributed by atoms with Gasteiger partial charge < -0.3 is 4.12 Å². The zero-order valence-electron chi connectivity index (χ0n) is 12.0. The summed E-state index contributed by atoms with van der Waals surface area (Å²) in [4.78, 5) is 0. The zero-order valence-corrected chi connectivity index (χ0v) is 14.3. The van der Waals surface area contributed by atoms with Crippen LogP contribution < -0.4 is 0 Å². The largest absolute Gasteiger partial charge is 0.459 e. The molecule has 2 atom stereocenters. The molecule has 0 aromatic heterocycles. The monoisotopic (exact) mass is 246 g/mol. The van der Waals surface area contributed by atoms with Gasteiger partial charge in [0.2, 0.25) is 0 Å². The lowest BCUT2D eigenvalue weighted by Gasteiger charge is -2.37. The molecule has 0 aliphatic rings. The SMILES string of the molecule is CC[SiH](O[SiH](CC)C(C)(C)C)C(C)(C)C. The Labute approximate surface area is 100 Å². The molecular formula is C12H30OSi2. The molecule has 0 heterocycles. The van der Waals surface area contributed by atoms with Crippen LogP contribution in [0.3, 0.4) is 0 Å². The minimum Gasteiger partial charge on any atom is -0.459 e. The molecule has 0 aliphatic carbocycles. The summed E-state index contributed by atoms with van der Waals surface area (Å²) in [6.45, 7) is 18.7. The van der Waals surface area contributed by atoms with Gasteiger partial charge in [0, 0.05) is 0 Å². The van der Waals surface area contributed by atoms with Crippen molar-refractivity contribution in [2.24, 2.45) is 0 Å². The Morgan fingerprint density at radius 2 is 1.00 bits per heavy atom. The van der Waals surface area contributed by atoms with Crippen LogP contribution in [0.4, 0.5) is 0 Å². The van der Waals surface area contributed by atoms with Gasteiger partial charge in [0.25, 0.3) is 0 Å². The highest BCUT2D eigenvalue weighted by Crippen LogP contribution is 2.36. The van der Waals surface area contributed by atoms with Gasteiger partial charge in [-0.3, -0.25) is 0 Å². The fourth-order valence-electron chi connectivity index (χ4n) is 2.02. The standard InChI is InChI=1S/C12H30OSi2/c1-9-14(11(3,4)5)13-15(10-2)12(6,7)8/h14-15H,9-10H2,1-8H3. The van der Waals surface area contributed by atoms with Gasteiger partial charge in [0.15, 0.2) is 18.1 Å². The highest BCUT2D eigenvalue weighted by Gasteiger charge is 2.33. The molecule has 0 N–H and O–H groups in total. The summed E-state index contributed by atoms with van der Waals surface area (Å²) in [5.74, 6) is 0. The lowest BCUT2D eigenvalue weighted by atomic mass is 10.2. The maximum atomic E-state index is 6.56. The van der Waals surface area contributed by atoms with E-state index in [0.717, 1.165) is 0 Å². The molecule has 0 aromatic carbocycles. The average Bonchev–Trinajstić information content (AvgIpc) is 2.01. The maximum Gasteiger partial charge on any atom is 0.168 e. The van der Waals surface area contributed by atoms with Crippen LogP contribution in [0.25, 0.3) is 0 Å². The maximum absolute atomic E-state index is 6.56. The van der Waals surface area contributed by atoms with Crippen molar-refractivity contribution in [1.29, 1.82) is 0 Å². The minimum atomic E-state index is -1.01. The van der Waals surface area contributed by atoms with E-state index >= 15 is 0 Å². The highest BCUT2D eigenvalue weighted by atomic mass is 28.4. The fourth-order valence-corrected chi connectivity index (χ4v) is 10.9. The molecule has 0 spiro atoms. The molecule has 15 heavy (non-hydrogen) atoms. The molecule has 0 saturated heterocycles. The number of rotatable bonds is 4. The first-order valence-corrected chi connectivity index (χ1v) is 10.0. The molecule has 0 aliphatic heterocycles. The third kappa shape index (κ3) is 5.32. The summed E-state index contributed by atoms with van der Waals surface area (Å²) in [6, 6.07) is 2.53. The van der Waals surface area contributed by atoms with Crippen LogP contribution in [0.1, 0.15) is 55.4 Å². The Morgan fingerprint density at radius 3 is 1.13 bits per heavy atom. The summed E-state index contributed by atoms with van der Waals surface area (Å²) in [5, 5.41) is 0.834. The first-order valence-electron chi connectivity index (χ1n) is 6.28. The predicted molar refractivity (Wildman–Crippen MR) is 75.8 cm³/mol. The van der Waals surface area contributed by atoms with Crippen molar-refractivity contribution in [3.8, 4) is 0 Å². The molecule has 0 amide bonds. The van der Waals surface area contributed by atoms with E-state index in [1.54, 1.807) is 0 Å². The lowest BCUT2D eigenvalue weighted by molar-refractivity contribution is 0.482. The van der Waals surface area contributed by atoms with Gasteiger partial charge in [0.05, 0.1) is 0 Å². The van der Waals surface area contributed by atoms with Gasteiger partial charge in [-0.05, 0) is 22.2 Å². The van der Waals surface area contributed by atoms with Crippen molar-refractivity contribution in [3.05, 3.63) is 0 Å². The summed E-state index contributed by atoms with van der Waals surface area (Å²) in [5.41, 5.74) is 0. The summed E-state index contributed by atoms with van der Waals surface area (Å²) < 4.78 is 6.56. The number of hydrogen-bond donors (Lipinski definition) is 0. The fraction of sp³-hybridized carbons (Fsp3) is 1.00. The van der Waals surface area contributed by atoms with Crippen LogP contribution in [0.5, 0.6) is 0 Å². The molecular weight excluding hydrogens is 216 g/mol. The second kappa shape index (κ2) is 5.64. The Morgan fingerprint density at radius 1 is 0.733 bits per heavy atom. The normalized spacial score (nSPS) is 17.6. The van der Waals surface area contributed by atoms with E-state index in [1.807, 2.05) is 0 Å². The van der Waals surface area contributed by atoms with Gasteiger partial charge >= 0.3 is 0 Å². The first kappa shape index (κ1) is 15.4. The molecule has 92 valence electrons. The van der Waals surface area contributed by atoms with Crippen molar-refractivity contribution in [2.75, 3.05) is 0 Å². The van der Waals surface area contributed by atoms with Gasteiger partial charge in [0.1, 0.15) is 0 Å². The predicted octanol–water partition coefficient (Wildman–Crippen LogP) is 4.09. The molecule has 0 aromatic rings. The average molecular weight is 247 g/mol. The Balaban J connectivity index is 4.52. The highest BCUT2D eigenvalue weighted by molar-refractivity contribution is 6.69. The molecule has 1 nitrogen and oxygen atoms in total. The zero-order chi connectivity index (χ0) is 12.3. The van der Waals surface area contributed by atoms with E-state index in [1.165, 1.54) is 12.1 Å². The summed E-state index contributed by atoms with van der Waals surface area (Å²) in [6.07, 6.45) is 0. The van der Waals surface area contributed by atoms with Gasteiger partial charge in [-0.15, -0.1) is 0 Å². The van der Waals surface area contributed by atoms with Crippen molar-refractivity contribution < 1.29 is 4.12 Å². The summed E-state index contributed by atoms with van der Waals surface area (Å²) >= 11 is 0. The smallest absolute Gasteiger partial charge is 0.168 e. The van der Waals surface area contributed by atoms with Crippen molar-refractivity contribution in [3.63, 3.8) is 0 Å². The van der Waals surface area contributed by atoms with E-state index in [9.17, 15) is 0 Å². The summed E-state index contributed by atoms with van der Waals surface area (Å²) in [7, 11) is -2.03. The molecule has 2 unspecified atom stereocenters. The van der Waals surface area contributed by atoms with Crippen LogP contribution in [0.2, 0.25) is 22.2 Å². The Hall–Kier alpha value is 0.394. The van der Waals surface area contributed by atoms with Crippen LogP contribution in [-0.2, 0) is 4.12 Å². The second-order valence-corrected chi connectivity index (χ2v) is 14.8. The topological polar surface area (TPSA) is 9.23 Å². The number of hydrogen-bond acceptors (Lipinski definition) is 1. The third-order valence-electron chi connectivity index (χ3n) is 3.00. The second-order valence-electron chi connectivity index (χ2n) is 6.66. The molecule has 0 rings (SSSR count). The van der Waals surface area contributed by atoms with Crippen molar-refractivity contribution >= 4 is 18.1 Å². The van der Waals surface area contributed by atoms with Gasteiger partial charge in [-0.25, -0.2) is 0 Å². The third-order valence-corrected chi connectivity index (χ3v) is 11.0. The van der Waals surface area contributed by atoms with E-state index < -0.39 is 18.1 Å². The Bertz CT molecular complexity index is 159. The quantitative estimate of drug-likeness (QED) is 0.679. The van der Waals surface area contributed by atoms with E-state index in [-0.39, 0.29) is 0 Å². The Kier molecular flexibility index (Phi) is 5.79. The molecule has 0 bridgehead atoms. The van der Waals surface area contributed by atoms with Crippen LogP contribution in [-0.4, -0.2) is 18.1 Å². The van der Waals surface area contributed by atoms with Crippen molar-refractivity contribution in [1.82, 2.24) is 0 Å². The molecule has 0 fully saturated rings. The van der Waals surface area contributed by atoms with E-state index in [2.05, 4.69) is 55.4 Å². The first-order chi connectivity index (χ1) is 6.62. The van der Waals surface area contributed by atoms with Crippen LogP contribution >= 0.6 is 0 Å². The van der Waals surface area contributed by atoms with Gasteiger partial charge in [-0.2, -0.15) is 0 Å². The van der Waals surface area contributed by atoms with E-state index in [0.29, 0.717) is 10.1 Å². The van der Waals surface area contributed by atoms with Gasteiger partial charge in [-0.1, -0.05) is 55.4 Å². The molecule has 3 heteroatoms. The van der Waals surface area contributed by atoms with Crippen LogP contribution in [0, 0.1) is 0 Å². The minimum absolute atomic E-state index is 0.417. The van der Waals surface area contributed by atoms with Crippen molar-refractivity contribution in [2.45, 2.75) is 77.6 Å². The molecule has 0 radical (unpaired) electrons. The lowest BCUT2D eigenvalue weighted by Crippen LogP contribution is -2.39. The molecule has 0 saturated carbocycles.